The van der Waals surface area contributed by atoms with Crippen LogP contribution in [0.2, 0.25) is 0 Å². The van der Waals surface area contributed by atoms with Crippen LogP contribution in [-0.4, -0.2) is 23.2 Å². The van der Waals surface area contributed by atoms with Crippen molar-refractivity contribution in [1.29, 1.82) is 0 Å². The largest absolute Gasteiger partial charge is 0.478 e. The van der Waals surface area contributed by atoms with E-state index in [2.05, 4.69) is 5.32 Å². The van der Waals surface area contributed by atoms with Crippen molar-refractivity contribution in [2.75, 3.05) is 6.26 Å². The Kier molecular flexibility index (Phi) is 5.00. The average Bonchev–Trinajstić information content (AvgIpc) is 2.53. The van der Waals surface area contributed by atoms with Gasteiger partial charge >= 0.3 is 5.97 Å². The molecule has 0 saturated carbocycles. The summed E-state index contributed by atoms with van der Waals surface area (Å²) in [6.07, 6.45) is 2.00. The summed E-state index contributed by atoms with van der Waals surface area (Å²) in [7, 11) is 0. The normalized spacial score (nSPS) is 10.1. The molecule has 4 nitrogen and oxygen atoms in total. The van der Waals surface area contributed by atoms with Crippen molar-refractivity contribution < 1.29 is 14.7 Å². The molecule has 2 aromatic carbocycles. The number of benzene rings is 2. The minimum atomic E-state index is -1.11. The second kappa shape index (κ2) is 6.95. The van der Waals surface area contributed by atoms with E-state index in [0.29, 0.717) is 6.54 Å². The van der Waals surface area contributed by atoms with Gasteiger partial charge in [0.2, 0.25) is 0 Å². The topological polar surface area (TPSA) is 66.4 Å². The number of carbonyl (C=O) groups is 2. The zero-order valence-electron chi connectivity index (χ0n) is 11.5. The van der Waals surface area contributed by atoms with Gasteiger partial charge in [0.15, 0.2) is 0 Å². The van der Waals surface area contributed by atoms with E-state index in [4.69, 9.17) is 5.11 Å². The Bertz CT molecular complexity index is 653. The van der Waals surface area contributed by atoms with Crippen LogP contribution < -0.4 is 5.32 Å². The molecule has 0 saturated heterocycles. The number of aromatic carboxylic acids is 1. The second-order valence-corrected chi connectivity index (χ2v) is 5.26. The van der Waals surface area contributed by atoms with Gasteiger partial charge in [-0.2, -0.15) is 0 Å². The van der Waals surface area contributed by atoms with Crippen LogP contribution in [-0.2, 0) is 6.54 Å². The van der Waals surface area contributed by atoms with Crippen LogP contribution in [0.3, 0.4) is 0 Å². The van der Waals surface area contributed by atoms with E-state index >= 15 is 0 Å². The highest BCUT2D eigenvalue weighted by Gasteiger charge is 2.15. The first kappa shape index (κ1) is 15.1. The molecule has 21 heavy (non-hydrogen) atoms. The van der Waals surface area contributed by atoms with Gasteiger partial charge in [0.1, 0.15) is 0 Å². The lowest BCUT2D eigenvalue weighted by atomic mass is 10.1. The van der Waals surface area contributed by atoms with Gasteiger partial charge in [0.05, 0.1) is 11.1 Å². The molecule has 2 N–H and O–H groups in total. The number of carboxylic acids is 1. The SMILES string of the molecule is CSc1ccc(CNC(=O)c2ccccc2C(=O)O)cc1. The first-order valence-electron chi connectivity index (χ1n) is 6.35. The quantitative estimate of drug-likeness (QED) is 0.833. The fourth-order valence-electron chi connectivity index (χ4n) is 1.89. The lowest BCUT2D eigenvalue weighted by Crippen LogP contribution is -2.24. The summed E-state index contributed by atoms with van der Waals surface area (Å²) in [4.78, 5) is 24.3. The fraction of sp³-hybridized carbons (Fsp3) is 0.125. The number of rotatable bonds is 5. The van der Waals surface area contributed by atoms with Crippen molar-refractivity contribution in [2.45, 2.75) is 11.4 Å². The highest BCUT2D eigenvalue weighted by atomic mass is 32.2. The van der Waals surface area contributed by atoms with E-state index in [0.717, 1.165) is 10.5 Å². The van der Waals surface area contributed by atoms with Crippen LogP contribution >= 0.6 is 11.8 Å². The molecule has 108 valence electrons. The van der Waals surface area contributed by atoms with Crippen molar-refractivity contribution in [3.05, 3.63) is 65.2 Å². The van der Waals surface area contributed by atoms with Crippen LogP contribution in [0, 0.1) is 0 Å². The van der Waals surface area contributed by atoms with Crippen LogP contribution in [0.4, 0.5) is 0 Å². The van der Waals surface area contributed by atoms with Crippen molar-refractivity contribution >= 4 is 23.6 Å². The maximum absolute atomic E-state index is 12.1. The van der Waals surface area contributed by atoms with Crippen LogP contribution in [0.5, 0.6) is 0 Å². The summed E-state index contributed by atoms with van der Waals surface area (Å²) in [5.74, 6) is -1.49. The lowest BCUT2D eigenvalue weighted by Gasteiger charge is -2.08. The van der Waals surface area contributed by atoms with Crippen LogP contribution in [0.15, 0.2) is 53.4 Å². The van der Waals surface area contributed by atoms with E-state index in [-0.39, 0.29) is 17.0 Å². The maximum Gasteiger partial charge on any atom is 0.336 e. The van der Waals surface area contributed by atoms with Crippen LogP contribution in [0.1, 0.15) is 26.3 Å². The van der Waals surface area contributed by atoms with E-state index in [1.807, 2.05) is 30.5 Å². The van der Waals surface area contributed by atoms with Crippen molar-refractivity contribution in [1.82, 2.24) is 5.32 Å². The first-order valence-corrected chi connectivity index (χ1v) is 7.57. The molecule has 0 spiro atoms. The third-order valence-corrected chi connectivity index (χ3v) is 3.76. The van der Waals surface area contributed by atoms with Gasteiger partial charge in [-0.15, -0.1) is 11.8 Å². The smallest absolute Gasteiger partial charge is 0.336 e. The van der Waals surface area contributed by atoms with E-state index in [1.54, 1.807) is 23.9 Å². The van der Waals surface area contributed by atoms with Gasteiger partial charge in [-0.3, -0.25) is 4.79 Å². The van der Waals surface area contributed by atoms with Gasteiger partial charge < -0.3 is 10.4 Å². The standard InChI is InChI=1S/C16H15NO3S/c1-21-12-8-6-11(7-9-12)10-17-15(18)13-4-2-3-5-14(13)16(19)20/h2-9H,10H2,1H3,(H,17,18)(H,19,20). The summed E-state index contributed by atoms with van der Waals surface area (Å²) in [6, 6.07) is 14.0. The predicted molar refractivity (Wildman–Crippen MR) is 82.8 cm³/mol. The summed E-state index contributed by atoms with van der Waals surface area (Å²) in [5, 5.41) is 11.8. The van der Waals surface area contributed by atoms with Crippen molar-refractivity contribution in [2.24, 2.45) is 0 Å². The molecule has 0 aliphatic carbocycles. The fourth-order valence-corrected chi connectivity index (χ4v) is 2.30. The van der Waals surface area contributed by atoms with Crippen molar-refractivity contribution in [3.8, 4) is 0 Å². The summed E-state index contributed by atoms with van der Waals surface area (Å²) in [5.41, 5.74) is 1.15. The molecule has 0 fully saturated rings. The minimum Gasteiger partial charge on any atom is -0.478 e. The summed E-state index contributed by atoms with van der Waals surface area (Å²) >= 11 is 1.65. The molecule has 0 radical (unpaired) electrons. The highest BCUT2D eigenvalue weighted by molar-refractivity contribution is 7.98. The van der Waals surface area contributed by atoms with Gasteiger partial charge in [-0.05, 0) is 36.1 Å². The maximum atomic E-state index is 12.1. The Morgan fingerprint density at radius 2 is 1.67 bits per heavy atom. The molecule has 1 amide bonds. The molecule has 2 rings (SSSR count). The Hall–Kier alpha value is -2.27. The average molecular weight is 301 g/mol. The van der Waals surface area contributed by atoms with E-state index in [9.17, 15) is 9.59 Å². The molecule has 0 aliphatic rings. The molecule has 0 aromatic heterocycles. The Balaban J connectivity index is 2.06. The third-order valence-electron chi connectivity index (χ3n) is 3.01. The number of hydrogen-bond acceptors (Lipinski definition) is 3. The molecule has 0 atom stereocenters. The zero-order valence-corrected chi connectivity index (χ0v) is 12.3. The Morgan fingerprint density at radius 3 is 2.24 bits per heavy atom. The molecule has 2 aromatic rings. The monoisotopic (exact) mass is 301 g/mol. The van der Waals surface area contributed by atoms with E-state index < -0.39 is 5.97 Å². The molecule has 0 aliphatic heterocycles. The number of carbonyl (C=O) groups excluding carboxylic acids is 1. The highest BCUT2D eigenvalue weighted by Crippen LogP contribution is 2.15. The second-order valence-electron chi connectivity index (χ2n) is 4.38. The molecular weight excluding hydrogens is 286 g/mol. The number of amides is 1. The van der Waals surface area contributed by atoms with Gasteiger partial charge in [0.25, 0.3) is 5.91 Å². The lowest BCUT2D eigenvalue weighted by molar-refractivity contribution is 0.0691. The molecule has 0 bridgehead atoms. The molecule has 0 unspecified atom stereocenters. The third kappa shape index (κ3) is 3.86. The zero-order chi connectivity index (χ0) is 15.2. The van der Waals surface area contributed by atoms with Gasteiger partial charge in [-0.1, -0.05) is 24.3 Å². The van der Waals surface area contributed by atoms with Crippen molar-refractivity contribution in [3.63, 3.8) is 0 Å². The Morgan fingerprint density at radius 1 is 1.05 bits per heavy atom. The number of thioether (sulfide) groups is 1. The minimum absolute atomic E-state index is 0.00716. The number of hydrogen-bond donors (Lipinski definition) is 2. The summed E-state index contributed by atoms with van der Waals surface area (Å²) < 4.78 is 0. The van der Waals surface area contributed by atoms with Gasteiger partial charge in [0, 0.05) is 11.4 Å². The molecule has 5 heteroatoms. The van der Waals surface area contributed by atoms with Crippen LogP contribution in [0.25, 0.3) is 0 Å². The number of nitrogens with one attached hydrogen (secondary N) is 1. The predicted octanol–water partition coefficient (Wildman–Crippen LogP) is 3.04. The van der Waals surface area contributed by atoms with Gasteiger partial charge in [-0.25, -0.2) is 4.79 Å². The molecular formula is C16H15NO3S. The first-order chi connectivity index (χ1) is 10.1. The van der Waals surface area contributed by atoms with E-state index in [1.165, 1.54) is 12.1 Å². The Labute approximate surface area is 127 Å². The summed E-state index contributed by atoms with van der Waals surface area (Å²) in [6.45, 7) is 0.363. The molecule has 0 heterocycles. The number of carboxylic acid groups (broad SMARTS) is 1.